The molecule has 0 aliphatic carbocycles. The van der Waals surface area contributed by atoms with Crippen LogP contribution in [0, 0.1) is 5.41 Å². The molecule has 0 saturated carbocycles. The number of nitrogens with one attached hydrogen (secondary N) is 1. The van der Waals surface area contributed by atoms with Crippen LogP contribution in [0.2, 0.25) is 0 Å². The number of nitrogens with zero attached hydrogens (tertiary/aromatic N) is 3. The lowest BCUT2D eigenvalue weighted by Crippen LogP contribution is -2.38. The van der Waals surface area contributed by atoms with Crippen molar-refractivity contribution in [2.75, 3.05) is 0 Å². The fraction of sp³-hybridized carbons (Fsp3) is 0.105. The Hall–Kier alpha value is -3.41. The molecule has 1 N–H and O–H groups in total. The second-order valence-electron chi connectivity index (χ2n) is 5.87. The number of hydrogen-bond acceptors (Lipinski definition) is 3. The number of hydrogen-bond donors (Lipinski definition) is 1. The highest BCUT2D eigenvalue weighted by molar-refractivity contribution is 6.32. The monoisotopic (exact) mass is 332 g/mol. The van der Waals surface area contributed by atoms with Crippen LogP contribution in [0.3, 0.4) is 0 Å². The number of allylic oxidation sites excluding steroid dienone is 1. The summed E-state index contributed by atoms with van der Waals surface area (Å²) < 4.78 is 2.02. The summed E-state index contributed by atoms with van der Waals surface area (Å²) in [6.45, 7) is 2.44. The fourth-order valence-electron chi connectivity index (χ4n) is 2.83. The predicted molar refractivity (Wildman–Crippen MR) is 94.8 cm³/mol. The minimum absolute atomic E-state index is 0.00411. The maximum atomic E-state index is 12.3. The molecule has 6 nitrogen and oxygen atoms in total. The van der Waals surface area contributed by atoms with Gasteiger partial charge in [0.15, 0.2) is 11.7 Å². The van der Waals surface area contributed by atoms with Crippen molar-refractivity contribution in [3.63, 3.8) is 0 Å². The van der Waals surface area contributed by atoms with Crippen LogP contribution in [-0.4, -0.2) is 27.2 Å². The molecule has 4 rings (SSSR count). The smallest absolute Gasteiger partial charge is 0.283 e. The van der Waals surface area contributed by atoms with E-state index in [1.165, 1.54) is 5.06 Å². The molecule has 25 heavy (non-hydrogen) atoms. The van der Waals surface area contributed by atoms with Crippen molar-refractivity contribution < 1.29 is 9.63 Å². The summed E-state index contributed by atoms with van der Waals surface area (Å²) in [5.41, 5.74) is 2.20. The van der Waals surface area contributed by atoms with Crippen LogP contribution < -0.4 is 0 Å². The summed E-state index contributed by atoms with van der Waals surface area (Å²) >= 11 is 0. The molecule has 2 aromatic rings. The second-order valence-corrected chi connectivity index (χ2v) is 5.87. The van der Waals surface area contributed by atoms with E-state index in [0.717, 1.165) is 11.3 Å². The zero-order valence-corrected chi connectivity index (χ0v) is 13.6. The molecule has 1 amide bonds. The first-order valence-electron chi connectivity index (χ1n) is 7.91. The summed E-state index contributed by atoms with van der Waals surface area (Å²) in [4.78, 5) is 21.8. The van der Waals surface area contributed by atoms with Gasteiger partial charge in [0.2, 0.25) is 0 Å². The average molecular weight is 332 g/mol. The third kappa shape index (κ3) is 2.78. The summed E-state index contributed by atoms with van der Waals surface area (Å²) in [5.74, 6) is 0.517. The highest BCUT2D eigenvalue weighted by Crippen LogP contribution is 2.23. The largest absolute Gasteiger partial charge is 0.376 e. The number of amidine groups is 2. The molecule has 0 radical (unpaired) electrons. The van der Waals surface area contributed by atoms with Crippen molar-refractivity contribution in [1.82, 2.24) is 9.63 Å². The van der Waals surface area contributed by atoms with Gasteiger partial charge in [-0.2, -0.15) is 4.99 Å². The molecule has 2 aliphatic heterocycles. The zero-order chi connectivity index (χ0) is 17.4. The molecule has 0 unspecified atom stereocenters. The van der Waals surface area contributed by atoms with Gasteiger partial charge in [0.05, 0.1) is 5.57 Å². The average Bonchev–Trinajstić information content (AvgIpc) is 3.18. The van der Waals surface area contributed by atoms with E-state index in [-0.39, 0.29) is 11.4 Å². The second kappa shape index (κ2) is 5.90. The standard InChI is InChI=1S/C19H16N4O2/c1-13-10-17-21-19(24)16(18(20)23(17)25-13)11-15-8-5-9-22(15)12-14-6-3-2-4-7-14/h2-11,20H,12H2,1H3/b16-11+,20-18?. The third-order valence-corrected chi connectivity index (χ3v) is 4.03. The van der Waals surface area contributed by atoms with Crippen molar-refractivity contribution in [3.8, 4) is 0 Å². The zero-order valence-electron chi connectivity index (χ0n) is 13.6. The number of amides is 1. The van der Waals surface area contributed by atoms with Crippen LogP contribution in [0.15, 0.2) is 71.1 Å². The molecule has 1 aromatic carbocycles. The van der Waals surface area contributed by atoms with Gasteiger partial charge in [-0.3, -0.25) is 10.2 Å². The van der Waals surface area contributed by atoms with Crippen molar-refractivity contribution in [1.29, 1.82) is 5.41 Å². The first-order valence-corrected chi connectivity index (χ1v) is 7.91. The summed E-state index contributed by atoms with van der Waals surface area (Å²) in [7, 11) is 0. The lowest BCUT2D eigenvalue weighted by Gasteiger charge is -2.23. The van der Waals surface area contributed by atoms with E-state index in [0.29, 0.717) is 18.1 Å². The molecule has 0 bridgehead atoms. The maximum absolute atomic E-state index is 12.3. The van der Waals surface area contributed by atoms with Crippen molar-refractivity contribution in [2.24, 2.45) is 4.99 Å². The Morgan fingerprint density at radius 1 is 1.20 bits per heavy atom. The molecule has 1 aromatic heterocycles. The maximum Gasteiger partial charge on any atom is 0.283 e. The molecule has 2 aliphatic rings. The Kier molecular flexibility index (Phi) is 3.57. The van der Waals surface area contributed by atoms with Crippen molar-refractivity contribution >= 4 is 23.7 Å². The number of carbonyl (C=O) groups excluding carboxylic acids is 1. The van der Waals surface area contributed by atoms with E-state index < -0.39 is 5.91 Å². The number of benzene rings is 1. The number of fused-ring (bicyclic) bond motifs is 1. The van der Waals surface area contributed by atoms with E-state index >= 15 is 0 Å². The molecule has 6 heteroatoms. The molecule has 0 fully saturated rings. The van der Waals surface area contributed by atoms with Gasteiger partial charge in [-0.25, -0.2) is 0 Å². The Morgan fingerprint density at radius 2 is 2.00 bits per heavy atom. The van der Waals surface area contributed by atoms with Gasteiger partial charge >= 0.3 is 0 Å². The first kappa shape index (κ1) is 15.1. The van der Waals surface area contributed by atoms with E-state index in [1.807, 2.05) is 53.2 Å². The van der Waals surface area contributed by atoms with Gasteiger partial charge in [-0.1, -0.05) is 30.3 Å². The Labute approximate surface area is 144 Å². The summed E-state index contributed by atoms with van der Waals surface area (Å²) in [6.07, 6.45) is 5.27. The fourth-order valence-corrected chi connectivity index (χ4v) is 2.83. The predicted octanol–water partition coefficient (Wildman–Crippen LogP) is 2.99. The highest BCUT2D eigenvalue weighted by Gasteiger charge is 2.34. The summed E-state index contributed by atoms with van der Waals surface area (Å²) in [5, 5.41) is 9.55. The van der Waals surface area contributed by atoms with E-state index in [2.05, 4.69) is 4.99 Å². The lowest BCUT2D eigenvalue weighted by molar-refractivity contribution is -0.114. The minimum atomic E-state index is -0.432. The van der Waals surface area contributed by atoms with Gasteiger partial charge in [0.25, 0.3) is 5.91 Å². The van der Waals surface area contributed by atoms with E-state index in [1.54, 1.807) is 19.1 Å². The van der Waals surface area contributed by atoms with Gasteiger partial charge in [0.1, 0.15) is 5.76 Å². The van der Waals surface area contributed by atoms with Gasteiger partial charge in [-0.15, -0.1) is 5.06 Å². The van der Waals surface area contributed by atoms with Crippen LogP contribution in [0.1, 0.15) is 18.2 Å². The van der Waals surface area contributed by atoms with Crippen LogP contribution in [-0.2, 0) is 16.2 Å². The molecule has 124 valence electrons. The van der Waals surface area contributed by atoms with Gasteiger partial charge < -0.3 is 9.40 Å². The number of carbonyl (C=O) groups is 1. The van der Waals surface area contributed by atoms with Crippen LogP contribution >= 0.6 is 0 Å². The Bertz CT molecular complexity index is 951. The normalized spacial score (nSPS) is 18.1. The number of hydroxylamine groups is 2. The van der Waals surface area contributed by atoms with Crippen LogP contribution in [0.5, 0.6) is 0 Å². The topological polar surface area (TPSA) is 70.7 Å². The number of aromatic nitrogens is 1. The third-order valence-electron chi connectivity index (χ3n) is 4.03. The van der Waals surface area contributed by atoms with Crippen LogP contribution in [0.4, 0.5) is 0 Å². The summed E-state index contributed by atoms with van der Waals surface area (Å²) in [6, 6.07) is 13.9. The highest BCUT2D eigenvalue weighted by atomic mass is 16.7. The van der Waals surface area contributed by atoms with Crippen molar-refractivity contribution in [3.05, 3.63) is 77.3 Å². The number of aliphatic imine (C=N–C) groups is 1. The minimum Gasteiger partial charge on any atom is -0.376 e. The SMILES string of the molecule is CC1=CC2=NC(=O)/C(=C/c3cccn3Cc3ccccc3)C(=N)N2O1. The van der Waals surface area contributed by atoms with E-state index in [4.69, 9.17) is 10.2 Å². The number of rotatable bonds is 3. The molecular formula is C19H16N4O2. The lowest BCUT2D eigenvalue weighted by atomic mass is 10.1. The molecule has 0 atom stereocenters. The molecule has 0 spiro atoms. The first-order chi connectivity index (χ1) is 12.1. The van der Waals surface area contributed by atoms with Crippen molar-refractivity contribution in [2.45, 2.75) is 13.5 Å². The van der Waals surface area contributed by atoms with Gasteiger partial charge in [0, 0.05) is 24.5 Å². The van der Waals surface area contributed by atoms with Crippen LogP contribution in [0.25, 0.3) is 6.08 Å². The van der Waals surface area contributed by atoms with E-state index in [9.17, 15) is 4.79 Å². The Balaban J connectivity index is 1.65. The quantitative estimate of drug-likeness (QED) is 0.879. The molecular weight excluding hydrogens is 316 g/mol. The Morgan fingerprint density at radius 3 is 2.80 bits per heavy atom. The van der Waals surface area contributed by atoms with Gasteiger partial charge in [-0.05, 0) is 30.7 Å². The molecule has 0 saturated heterocycles. The molecule has 3 heterocycles.